The van der Waals surface area contributed by atoms with E-state index in [9.17, 15) is 9.00 Å². The number of cyclic esters (lactones) is 1. The van der Waals surface area contributed by atoms with Crippen molar-refractivity contribution in [3.63, 3.8) is 0 Å². The maximum Gasteiger partial charge on any atom is 0.348 e. The van der Waals surface area contributed by atoms with Crippen molar-refractivity contribution in [2.75, 3.05) is 6.61 Å². The van der Waals surface area contributed by atoms with E-state index >= 15 is 0 Å². The summed E-state index contributed by atoms with van der Waals surface area (Å²) in [5.41, 5.74) is 1.43. The molecule has 0 aliphatic carbocycles. The zero-order valence-electron chi connectivity index (χ0n) is 15.7. The monoisotopic (exact) mass is 362 g/mol. The first-order valence-corrected chi connectivity index (χ1v) is 9.43. The highest BCUT2D eigenvalue weighted by atomic mass is 32.2. The summed E-state index contributed by atoms with van der Waals surface area (Å²) in [6, 6.07) is 7.38. The molecule has 1 saturated heterocycles. The third-order valence-corrected chi connectivity index (χ3v) is 6.43. The van der Waals surface area contributed by atoms with E-state index in [1.54, 1.807) is 13.0 Å². The number of para-hydroxylation sites is 1. The van der Waals surface area contributed by atoms with E-state index in [1.165, 1.54) is 0 Å². The van der Waals surface area contributed by atoms with Crippen LogP contribution in [0.15, 0.2) is 40.8 Å². The minimum Gasteiger partial charge on any atom is -0.489 e. The average molecular weight is 362 g/mol. The molecule has 4 nitrogen and oxygen atoms in total. The van der Waals surface area contributed by atoms with E-state index < -0.39 is 27.1 Å². The third kappa shape index (κ3) is 4.03. The molecular weight excluding hydrogens is 336 g/mol. The Morgan fingerprint density at radius 3 is 2.48 bits per heavy atom. The standard InChI is InChI=1S/C20H26O4S/c1-14(2)11-12-23-16-10-8-7-9-15(16)13-17-18(21)24-20(6,25(17)22)19(3,4)5/h7-11,13H,12H2,1-6H3/b17-13-. The van der Waals surface area contributed by atoms with Gasteiger partial charge in [0.25, 0.3) is 0 Å². The second-order valence-corrected chi connectivity index (χ2v) is 9.25. The van der Waals surface area contributed by atoms with Crippen LogP contribution < -0.4 is 4.74 Å². The van der Waals surface area contributed by atoms with Gasteiger partial charge in [0.2, 0.25) is 0 Å². The molecule has 0 bridgehead atoms. The fourth-order valence-corrected chi connectivity index (χ4v) is 3.82. The topological polar surface area (TPSA) is 52.6 Å². The van der Waals surface area contributed by atoms with Crippen LogP contribution in [0.2, 0.25) is 0 Å². The van der Waals surface area contributed by atoms with Crippen molar-refractivity contribution < 1.29 is 18.5 Å². The highest BCUT2D eigenvalue weighted by Crippen LogP contribution is 2.44. The lowest BCUT2D eigenvalue weighted by Gasteiger charge is -2.34. The molecule has 0 spiro atoms. The van der Waals surface area contributed by atoms with Gasteiger partial charge in [0.15, 0.2) is 4.93 Å². The lowest BCUT2D eigenvalue weighted by molar-refractivity contribution is -0.148. The van der Waals surface area contributed by atoms with Crippen LogP contribution in [0.1, 0.15) is 47.1 Å². The SMILES string of the molecule is CC(C)=CCOc1ccccc1/C=C1/C(=O)OC(C)(C(C)(C)C)S1=O. The van der Waals surface area contributed by atoms with Gasteiger partial charge in [0, 0.05) is 11.0 Å². The smallest absolute Gasteiger partial charge is 0.348 e. The zero-order valence-corrected chi connectivity index (χ0v) is 16.5. The van der Waals surface area contributed by atoms with Crippen molar-refractivity contribution in [1.29, 1.82) is 0 Å². The largest absolute Gasteiger partial charge is 0.489 e. The van der Waals surface area contributed by atoms with Crippen LogP contribution in [-0.2, 0) is 20.3 Å². The minimum atomic E-state index is -1.56. The molecule has 1 aromatic rings. The predicted octanol–water partition coefficient (Wildman–Crippen LogP) is 4.44. The Morgan fingerprint density at radius 1 is 1.28 bits per heavy atom. The predicted molar refractivity (Wildman–Crippen MR) is 101 cm³/mol. The molecule has 1 aliphatic rings. The van der Waals surface area contributed by atoms with Crippen LogP contribution in [0.25, 0.3) is 6.08 Å². The van der Waals surface area contributed by atoms with E-state index in [0.29, 0.717) is 17.9 Å². The molecule has 25 heavy (non-hydrogen) atoms. The quantitative estimate of drug-likeness (QED) is 0.451. The number of allylic oxidation sites excluding steroid dienone is 1. The summed E-state index contributed by atoms with van der Waals surface area (Å²) in [4.78, 5) is 11.5. The summed E-state index contributed by atoms with van der Waals surface area (Å²) in [6.45, 7) is 11.9. The number of carbonyl (C=O) groups is 1. The van der Waals surface area contributed by atoms with E-state index in [4.69, 9.17) is 9.47 Å². The van der Waals surface area contributed by atoms with Crippen molar-refractivity contribution in [3.8, 4) is 5.75 Å². The normalized spacial score (nSPS) is 25.0. The molecule has 1 aliphatic heterocycles. The molecule has 0 N–H and O–H groups in total. The van der Waals surface area contributed by atoms with Crippen molar-refractivity contribution >= 4 is 22.8 Å². The van der Waals surface area contributed by atoms with Crippen LogP contribution in [0.4, 0.5) is 0 Å². The first-order valence-electron chi connectivity index (χ1n) is 8.28. The Kier molecular flexibility index (Phi) is 5.57. The third-order valence-electron chi connectivity index (χ3n) is 4.34. The Hall–Kier alpha value is -1.88. The lowest BCUT2D eigenvalue weighted by atomic mass is 9.89. The van der Waals surface area contributed by atoms with Gasteiger partial charge in [-0.3, -0.25) is 0 Å². The molecule has 2 unspecified atom stereocenters. The Morgan fingerprint density at radius 2 is 1.92 bits per heavy atom. The number of carbonyl (C=O) groups excluding carboxylic acids is 1. The summed E-state index contributed by atoms with van der Waals surface area (Å²) in [5, 5.41) is 0. The zero-order chi connectivity index (χ0) is 18.8. The lowest BCUT2D eigenvalue weighted by Crippen LogP contribution is -2.42. The summed E-state index contributed by atoms with van der Waals surface area (Å²) in [6.07, 6.45) is 3.59. The summed E-state index contributed by atoms with van der Waals surface area (Å²) in [7, 11) is -1.56. The average Bonchev–Trinajstić information content (AvgIpc) is 2.72. The fraction of sp³-hybridized carbons (Fsp3) is 0.450. The molecule has 0 aromatic heterocycles. The number of esters is 1. The summed E-state index contributed by atoms with van der Waals surface area (Å²) in [5.74, 6) is 0.108. The van der Waals surface area contributed by atoms with Gasteiger partial charge in [-0.25, -0.2) is 9.00 Å². The van der Waals surface area contributed by atoms with Gasteiger partial charge in [-0.05, 0) is 39.0 Å². The minimum absolute atomic E-state index is 0.177. The summed E-state index contributed by atoms with van der Waals surface area (Å²) < 4.78 is 24.2. The van der Waals surface area contributed by atoms with Gasteiger partial charge in [-0.15, -0.1) is 0 Å². The maximum atomic E-state index is 13.0. The van der Waals surface area contributed by atoms with Crippen molar-refractivity contribution in [2.24, 2.45) is 5.41 Å². The van der Waals surface area contributed by atoms with Crippen LogP contribution in [0, 0.1) is 5.41 Å². The van der Waals surface area contributed by atoms with Crippen molar-refractivity contribution in [3.05, 3.63) is 46.4 Å². The first-order chi connectivity index (χ1) is 11.6. The van der Waals surface area contributed by atoms with Gasteiger partial charge >= 0.3 is 5.97 Å². The van der Waals surface area contributed by atoms with E-state index in [0.717, 1.165) is 5.57 Å². The first kappa shape index (κ1) is 19.4. The van der Waals surface area contributed by atoms with Gasteiger partial charge in [0.1, 0.15) is 28.1 Å². The van der Waals surface area contributed by atoms with Gasteiger partial charge in [-0.2, -0.15) is 0 Å². The molecule has 1 heterocycles. The maximum absolute atomic E-state index is 13.0. The molecule has 1 aromatic carbocycles. The number of ether oxygens (including phenoxy) is 2. The molecule has 2 rings (SSSR count). The van der Waals surface area contributed by atoms with Crippen LogP contribution in [0.3, 0.4) is 0 Å². The molecule has 0 amide bonds. The van der Waals surface area contributed by atoms with Gasteiger partial charge in [-0.1, -0.05) is 44.5 Å². The van der Waals surface area contributed by atoms with Crippen LogP contribution >= 0.6 is 0 Å². The molecule has 2 atom stereocenters. The van der Waals surface area contributed by atoms with Crippen LogP contribution in [0.5, 0.6) is 5.75 Å². The number of rotatable bonds is 4. The van der Waals surface area contributed by atoms with E-state index in [2.05, 4.69) is 0 Å². The van der Waals surface area contributed by atoms with Crippen molar-refractivity contribution in [1.82, 2.24) is 0 Å². The summed E-state index contributed by atoms with van der Waals surface area (Å²) >= 11 is 0. The number of benzene rings is 1. The van der Waals surface area contributed by atoms with Crippen LogP contribution in [-0.4, -0.2) is 21.7 Å². The van der Waals surface area contributed by atoms with Gasteiger partial charge < -0.3 is 9.47 Å². The van der Waals surface area contributed by atoms with E-state index in [-0.39, 0.29) is 4.91 Å². The molecule has 0 saturated carbocycles. The second kappa shape index (κ2) is 7.16. The van der Waals surface area contributed by atoms with E-state index in [1.807, 2.05) is 65.0 Å². The Balaban J connectivity index is 2.36. The molecule has 5 heteroatoms. The second-order valence-electron chi connectivity index (χ2n) is 7.49. The molecule has 0 radical (unpaired) electrons. The van der Waals surface area contributed by atoms with Gasteiger partial charge in [0.05, 0.1) is 0 Å². The van der Waals surface area contributed by atoms with Crippen molar-refractivity contribution in [2.45, 2.75) is 46.5 Å². The Bertz CT molecular complexity index is 751. The fourth-order valence-electron chi connectivity index (χ4n) is 2.26. The number of hydrogen-bond acceptors (Lipinski definition) is 4. The molecule has 1 fully saturated rings. The highest BCUT2D eigenvalue weighted by molar-refractivity contribution is 7.92. The highest BCUT2D eigenvalue weighted by Gasteiger charge is 2.54. The molecular formula is C20H26O4S. The number of hydrogen-bond donors (Lipinski definition) is 0. The Labute approximate surface area is 152 Å². The molecule has 136 valence electrons.